The Labute approximate surface area is 41.5 Å². The average molecular weight is 128 g/mol. The number of rotatable bonds is 2. The highest BCUT2D eigenvalue weighted by atomic mass is 32.3. The van der Waals surface area contributed by atoms with Crippen molar-refractivity contribution in [2.75, 3.05) is 5.94 Å². The smallest absolute Gasteiger partial charge is 0.347 e. The third kappa shape index (κ3) is 2.66. The van der Waals surface area contributed by atoms with Crippen LogP contribution in [0.5, 0.6) is 0 Å². The number of hydrogen-bond acceptors (Lipinski definition) is 3. The molecular weight excluding hydrogens is 122 g/mol. The molecule has 1 atom stereocenters. The van der Waals surface area contributed by atoms with Gasteiger partial charge in [-0.25, -0.2) is 0 Å². The van der Waals surface area contributed by atoms with Gasteiger partial charge in [0.05, 0.1) is 8.84 Å². The number of quaternary nitrogens is 1. The van der Waals surface area contributed by atoms with Gasteiger partial charge < -0.3 is 5.11 Å². The highest BCUT2D eigenvalue weighted by Crippen LogP contribution is 1.92. The lowest BCUT2D eigenvalue weighted by molar-refractivity contribution is -0.637. The molecule has 0 rings (SSSR count). The fourth-order valence-corrected chi connectivity index (χ4v) is 0.112. The van der Waals surface area contributed by atoms with Crippen LogP contribution in [0.25, 0.3) is 0 Å². The van der Waals surface area contributed by atoms with Gasteiger partial charge in [-0.1, -0.05) is 0 Å². The maximum atomic E-state index is 9.83. The Morgan fingerprint density at radius 2 is 2.29 bits per heavy atom. The second-order valence-corrected chi connectivity index (χ2v) is 2.41. The van der Waals surface area contributed by atoms with Gasteiger partial charge in [0, 0.05) is 0 Å². The van der Waals surface area contributed by atoms with Gasteiger partial charge in [-0.05, 0) is 4.21 Å². The zero-order chi connectivity index (χ0) is 5.91. The molecule has 1 unspecified atom stereocenters. The Hall–Kier alpha value is -0.0100. The maximum Gasteiger partial charge on any atom is 0.474 e. The van der Waals surface area contributed by atoms with Crippen LogP contribution in [-0.4, -0.2) is 11.0 Å². The molecule has 0 fully saturated rings. The van der Waals surface area contributed by atoms with Crippen LogP contribution in [0.15, 0.2) is 0 Å². The van der Waals surface area contributed by atoms with Crippen molar-refractivity contribution in [2.24, 2.45) is 0 Å². The summed E-state index contributed by atoms with van der Waals surface area (Å²) in [6.07, 6.45) is 0. The van der Waals surface area contributed by atoms with E-state index in [2.05, 4.69) is 10.2 Å². The van der Waals surface area contributed by atoms with Crippen LogP contribution in [-0.2, 0) is 23.5 Å². The molecule has 0 saturated heterocycles. The normalized spacial score (nSPS) is 18.7. The molecule has 0 bridgehead atoms. The summed E-state index contributed by atoms with van der Waals surface area (Å²) >= 11 is 0. The second-order valence-electron chi connectivity index (χ2n) is 0.805. The van der Waals surface area contributed by atoms with Crippen molar-refractivity contribution >= 4 is 10.5 Å². The Bertz CT molecular complexity index is 83.7. The highest BCUT2D eigenvalue weighted by molar-refractivity contribution is 7.92. The molecule has 0 spiro atoms. The minimum atomic E-state index is -3.71. The van der Waals surface area contributed by atoms with E-state index in [1.54, 1.807) is 0 Å². The molecule has 0 saturated carbocycles. The van der Waals surface area contributed by atoms with Gasteiger partial charge in [-0.15, -0.1) is 0 Å². The SMILES string of the molecule is [NH3+]O[S+]([O])(=O)CO. The fourth-order valence-electron chi connectivity index (χ4n) is 0.0373. The molecule has 0 amide bonds. The predicted octanol–water partition coefficient (Wildman–Crippen LogP) is -2.13. The van der Waals surface area contributed by atoms with Crippen molar-refractivity contribution in [3.05, 3.63) is 0 Å². The van der Waals surface area contributed by atoms with E-state index in [0.29, 0.717) is 0 Å². The fraction of sp³-hybridized carbons (Fsp3) is 1.00. The molecule has 0 aromatic heterocycles. The maximum absolute atomic E-state index is 9.83. The first-order valence-corrected chi connectivity index (χ1v) is 2.97. The van der Waals surface area contributed by atoms with Gasteiger partial charge >= 0.3 is 10.5 Å². The minimum Gasteiger partial charge on any atom is -0.347 e. The van der Waals surface area contributed by atoms with E-state index in [-0.39, 0.29) is 0 Å². The van der Waals surface area contributed by atoms with Gasteiger partial charge in [0.25, 0.3) is 5.94 Å². The van der Waals surface area contributed by atoms with Crippen LogP contribution >= 0.6 is 0 Å². The minimum absolute atomic E-state index is 1.02. The Morgan fingerprint density at radius 1 is 1.86 bits per heavy atom. The molecule has 0 aliphatic heterocycles. The molecule has 5 nitrogen and oxygen atoms in total. The van der Waals surface area contributed by atoms with Crippen molar-refractivity contribution in [3.63, 3.8) is 0 Å². The number of hydrogen-bond donors (Lipinski definition) is 2. The van der Waals surface area contributed by atoms with Crippen LogP contribution < -0.4 is 5.90 Å². The first kappa shape index (κ1) is 6.99. The third-order valence-electron chi connectivity index (χ3n) is 0.338. The van der Waals surface area contributed by atoms with Crippen molar-refractivity contribution in [2.45, 2.75) is 0 Å². The molecule has 0 aromatic rings. The summed E-state index contributed by atoms with van der Waals surface area (Å²) in [6.45, 7) is 0. The van der Waals surface area contributed by atoms with Crippen LogP contribution in [0.4, 0.5) is 0 Å². The molecular formula is CH6NO4S+2. The van der Waals surface area contributed by atoms with Crippen molar-refractivity contribution < 1.29 is 24.0 Å². The Balaban J connectivity index is 3.61. The predicted molar refractivity (Wildman–Crippen MR) is 19.8 cm³/mol. The summed E-state index contributed by atoms with van der Waals surface area (Å²) in [7, 11) is -3.71. The Morgan fingerprint density at radius 3 is 2.29 bits per heavy atom. The monoisotopic (exact) mass is 128 g/mol. The van der Waals surface area contributed by atoms with Gasteiger partial charge in [0.1, 0.15) is 0 Å². The molecule has 0 heterocycles. The van der Waals surface area contributed by atoms with E-state index in [9.17, 15) is 8.76 Å². The third-order valence-corrected chi connectivity index (χ3v) is 1.01. The number of aliphatic hydroxyl groups is 1. The molecule has 1 radical (unpaired) electrons. The molecule has 7 heavy (non-hydrogen) atoms. The summed E-state index contributed by atoms with van der Waals surface area (Å²) < 4.78 is 23.2. The van der Waals surface area contributed by atoms with Crippen LogP contribution in [0.1, 0.15) is 0 Å². The summed E-state index contributed by atoms with van der Waals surface area (Å²) in [5, 5.41) is 7.84. The van der Waals surface area contributed by atoms with E-state index in [1.807, 2.05) is 0 Å². The molecule has 6 heteroatoms. The van der Waals surface area contributed by atoms with Crippen LogP contribution in [0.3, 0.4) is 0 Å². The summed E-state index contributed by atoms with van der Waals surface area (Å²) in [6, 6.07) is 0. The molecule has 43 valence electrons. The van der Waals surface area contributed by atoms with Gasteiger partial charge in [-0.3, -0.25) is 0 Å². The Kier molecular flexibility index (Phi) is 2.33. The van der Waals surface area contributed by atoms with Crippen LogP contribution in [0.2, 0.25) is 0 Å². The zero-order valence-electron chi connectivity index (χ0n) is 3.49. The summed E-state index contributed by atoms with van der Waals surface area (Å²) in [5.74, 6) is 1.56. The van der Waals surface area contributed by atoms with Gasteiger partial charge in [0.15, 0.2) is 0 Å². The van der Waals surface area contributed by atoms with E-state index in [4.69, 9.17) is 5.11 Å². The van der Waals surface area contributed by atoms with Crippen LogP contribution in [0, 0.1) is 0 Å². The van der Waals surface area contributed by atoms with Crippen molar-refractivity contribution in [3.8, 4) is 0 Å². The largest absolute Gasteiger partial charge is 0.474 e. The zero-order valence-corrected chi connectivity index (χ0v) is 4.31. The quantitative estimate of drug-likeness (QED) is 0.328. The second kappa shape index (κ2) is 2.34. The van der Waals surface area contributed by atoms with Crippen molar-refractivity contribution in [1.82, 2.24) is 0 Å². The topological polar surface area (TPSA) is 94.1 Å². The molecule has 0 aromatic carbocycles. The number of aliphatic hydroxyl groups excluding tert-OH is 1. The average Bonchev–Trinajstić information content (AvgIpc) is 1.68. The van der Waals surface area contributed by atoms with E-state index in [0.717, 1.165) is 0 Å². The molecule has 4 N–H and O–H groups in total. The van der Waals surface area contributed by atoms with E-state index in [1.165, 1.54) is 0 Å². The standard InChI is InChI=1S/CH6NO4S/c2-6-7(4,5)1-3/h3H,1H2,2H3/q+2. The highest BCUT2D eigenvalue weighted by Gasteiger charge is 2.30. The van der Waals surface area contributed by atoms with E-state index < -0.39 is 16.4 Å². The summed E-state index contributed by atoms with van der Waals surface area (Å²) in [4.78, 5) is 0. The van der Waals surface area contributed by atoms with Gasteiger partial charge in [0.2, 0.25) is 0 Å². The first-order chi connectivity index (χ1) is 3.12. The lowest BCUT2D eigenvalue weighted by Crippen LogP contribution is -2.53. The van der Waals surface area contributed by atoms with Gasteiger partial charge in [-0.2, -0.15) is 5.90 Å². The lowest BCUT2D eigenvalue weighted by atomic mass is 11.7. The first-order valence-electron chi connectivity index (χ1n) is 1.39. The molecule has 0 aliphatic carbocycles. The van der Waals surface area contributed by atoms with Crippen molar-refractivity contribution in [1.29, 1.82) is 0 Å². The molecule has 0 aliphatic rings. The summed E-state index contributed by atoms with van der Waals surface area (Å²) in [5.41, 5.74) is 0. The van der Waals surface area contributed by atoms with E-state index >= 15 is 0 Å². The lowest BCUT2D eigenvalue weighted by Gasteiger charge is -1.82.